The van der Waals surface area contributed by atoms with E-state index in [0.29, 0.717) is 13.2 Å². The maximum absolute atomic E-state index is 5.22. The van der Waals surface area contributed by atoms with Crippen LogP contribution < -0.4 is 5.48 Å². The van der Waals surface area contributed by atoms with E-state index in [0.717, 1.165) is 5.69 Å². The van der Waals surface area contributed by atoms with E-state index in [4.69, 9.17) is 9.57 Å². The Morgan fingerprint density at radius 2 is 2.36 bits per heavy atom. The van der Waals surface area contributed by atoms with Crippen LogP contribution in [0.1, 0.15) is 23.5 Å². The molecular weight excluding hydrogens is 200 g/mol. The molecule has 5 heteroatoms. The number of nitrogens with one attached hydrogen (secondary N) is 1. The lowest BCUT2D eigenvalue weighted by atomic mass is 10.2. The molecule has 0 fully saturated rings. The highest BCUT2D eigenvalue weighted by Crippen LogP contribution is 2.20. The third-order valence-electron chi connectivity index (χ3n) is 1.83. The molecular formula is C9H16N2O2S. The minimum Gasteiger partial charge on any atom is -0.382 e. The highest BCUT2D eigenvalue weighted by molar-refractivity contribution is 7.09. The normalized spacial score (nSPS) is 13.1. The summed E-state index contributed by atoms with van der Waals surface area (Å²) in [5.74, 6) is 0. The number of hydroxylamine groups is 1. The zero-order valence-electron chi connectivity index (χ0n) is 8.74. The predicted octanol–water partition coefficient (Wildman–Crippen LogP) is 1.68. The Balaban J connectivity index is 2.28. The third-order valence-corrected chi connectivity index (χ3v) is 2.94. The summed E-state index contributed by atoms with van der Waals surface area (Å²) in [4.78, 5) is 10.6. The number of aromatic nitrogens is 1. The maximum Gasteiger partial charge on any atom is 0.0916 e. The Kier molecular flexibility index (Phi) is 5.03. The van der Waals surface area contributed by atoms with Gasteiger partial charge in [0, 0.05) is 12.0 Å². The average molecular weight is 216 g/mol. The Bertz CT molecular complexity index is 265. The lowest BCUT2D eigenvalue weighted by Crippen LogP contribution is -2.21. The van der Waals surface area contributed by atoms with Gasteiger partial charge in [-0.25, -0.2) is 4.98 Å². The molecule has 0 saturated carbocycles. The average Bonchev–Trinajstić information content (AvgIpc) is 2.59. The van der Waals surface area contributed by atoms with E-state index >= 15 is 0 Å². The van der Waals surface area contributed by atoms with Gasteiger partial charge in [-0.1, -0.05) is 0 Å². The molecule has 1 unspecified atom stereocenters. The Labute approximate surface area is 88.2 Å². The smallest absolute Gasteiger partial charge is 0.0916 e. The van der Waals surface area contributed by atoms with Crippen molar-refractivity contribution in [3.05, 3.63) is 16.1 Å². The van der Waals surface area contributed by atoms with Gasteiger partial charge in [0.1, 0.15) is 0 Å². The zero-order valence-corrected chi connectivity index (χ0v) is 9.56. The van der Waals surface area contributed by atoms with Crippen LogP contribution in [0.2, 0.25) is 0 Å². The van der Waals surface area contributed by atoms with Crippen LogP contribution in [0, 0.1) is 6.92 Å². The predicted molar refractivity (Wildman–Crippen MR) is 56.2 cm³/mol. The molecule has 0 aliphatic carbocycles. The van der Waals surface area contributed by atoms with Crippen LogP contribution >= 0.6 is 11.3 Å². The largest absolute Gasteiger partial charge is 0.382 e. The van der Waals surface area contributed by atoms with Crippen LogP contribution in [0.25, 0.3) is 0 Å². The SMILES string of the molecule is COCCONC(C)c1scnc1C. The van der Waals surface area contributed by atoms with Crippen LogP contribution in [0.3, 0.4) is 0 Å². The van der Waals surface area contributed by atoms with Crippen molar-refractivity contribution < 1.29 is 9.57 Å². The van der Waals surface area contributed by atoms with Gasteiger partial charge in [-0.3, -0.25) is 4.84 Å². The molecule has 0 amide bonds. The van der Waals surface area contributed by atoms with Crippen molar-refractivity contribution in [2.75, 3.05) is 20.3 Å². The second-order valence-corrected chi connectivity index (χ2v) is 3.87. The highest BCUT2D eigenvalue weighted by atomic mass is 32.1. The van der Waals surface area contributed by atoms with Crippen LogP contribution in [-0.2, 0) is 9.57 Å². The van der Waals surface area contributed by atoms with Gasteiger partial charge < -0.3 is 4.74 Å². The minimum atomic E-state index is 0.180. The molecule has 4 nitrogen and oxygen atoms in total. The Morgan fingerprint density at radius 3 is 2.93 bits per heavy atom. The molecule has 1 heterocycles. The van der Waals surface area contributed by atoms with Gasteiger partial charge in [0.05, 0.1) is 30.5 Å². The molecule has 80 valence electrons. The number of aryl methyl sites for hydroxylation is 1. The summed E-state index contributed by atoms with van der Waals surface area (Å²) in [7, 11) is 1.65. The summed E-state index contributed by atoms with van der Waals surface area (Å²) in [6.07, 6.45) is 0. The first-order chi connectivity index (χ1) is 6.75. The number of ether oxygens (including phenoxy) is 1. The number of rotatable bonds is 6. The molecule has 0 aliphatic heterocycles. The lowest BCUT2D eigenvalue weighted by Gasteiger charge is -2.12. The van der Waals surface area contributed by atoms with E-state index in [9.17, 15) is 0 Å². The zero-order chi connectivity index (χ0) is 10.4. The fourth-order valence-electron chi connectivity index (χ4n) is 1.09. The van der Waals surface area contributed by atoms with Gasteiger partial charge >= 0.3 is 0 Å². The monoisotopic (exact) mass is 216 g/mol. The molecule has 1 atom stereocenters. The molecule has 1 rings (SSSR count). The molecule has 0 bridgehead atoms. The molecule has 1 aromatic heterocycles. The highest BCUT2D eigenvalue weighted by Gasteiger charge is 2.10. The van der Waals surface area contributed by atoms with E-state index in [1.54, 1.807) is 18.4 Å². The van der Waals surface area contributed by atoms with E-state index in [1.165, 1.54) is 4.88 Å². The fourth-order valence-corrected chi connectivity index (χ4v) is 1.89. The molecule has 0 saturated heterocycles. The van der Waals surface area contributed by atoms with Crippen molar-refractivity contribution in [1.29, 1.82) is 0 Å². The second-order valence-electron chi connectivity index (χ2n) is 2.98. The summed E-state index contributed by atoms with van der Waals surface area (Å²) < 4.78 is 4.86. The molecule has 0 radical (unpaired) electrons. The fraction of sp³-hybridized carbons (Fsp3) is 0.667. The molecule has 14 heavy (non-hydrogen) atoms. The van der Waals surface area contributed by atoms with Gasteiger partial charge in [0.2, 0.25) is 0 Å². The number of methoxy groups -OCH3 is 1. The quantitative estimate of drug-likeness (QED) is 0.580. The number of thiazole rings is 1. The summed E-state index contributed by atoms with van der Waals surface area (Å²) in [6, 6.07) is 0.180. The van der Waals surface area contributed by atoms with Crippen LogP contribution in [0.5, 0.6) is 0 Å². The maximum atomic E-state index is 5.22. The lowest BCUT2D eigenvalue weighted by molar-refractivity contribution is -0.00880. The molecule has 0 aliphatic rings. The topological polar surface area (TPSA) is 43.4 Å². The Morgan fingerprint density at radius 1 is 1.57 bits per heavy atom. The molecule has 1 aromatic rings. The van der Waals surface area contributed by atoms with Crippen molar-refractivity contribution >= 4 is 11.3 Å². The minimum absolute atomic E-state index is 0.180. The third kappa shape index (κ3) is 3.34. The molecule has 0 aromatic carbocycles. The van der Waals surface area contributed by atoms with E-state index in [-0.39, 0.29) is 6.04 Å². The first-order valence-electron chi connectivity index (χ1n) is 4.52. The van der Waals surface area contributed by atoms with Crippen LogP contribution in [0.4, 0.5) is 0 Å². The van der Waals surface area contributed by atoms with Crippen molar-refractivity contribution in [2.45, 2.75) is 19.9 Å². The van der Waals surface area contributed by atoms with E-state index in [2.05, 4.69) is 10.5 Å². The van der Waals surface area contributed by atoms with Crippen molar-refractivity contribution in [1.82, 2.24) is 10.5 Å². The van der Waals surface area contributed by atoms with Gasteiger partial charge in [-0.05, 0) is 13.8 Å². The van der Waals surface area contributed by atoms with E-state index in [1.807, 2.05) is 19.4 Å². The standard InChI is InChI=1S/C9H16N2O2S/c1-7-9(14-6-10-7)8(2)11-13-5-4-12-3/h6,8,11H,4-5H2,1-3H3. The van der Waals surface area contributed by atoms with E-state index < -0.39 is 0 Å². The van der Waals surface area contributed by atoms with Crippen molar-refractivity contribution in [3.63, 3.8) is 0 Å². The summed E-state index contributed by atoms with van der Waals surface area (Å²) >= 11 is 1.64. The van der Waals surface area contributed by atoms with Crippen LogP contribution in [0.15, 0.2) is 5.51 Å². The van der Waals surface area contributed by atoms with Gasteiger partial charge in [0.25, 0.3) is 0 Å². The number of hydrogen-bond acceptors (Lipinski definition) is 5. The Hall–Kier alpha value is -0.490. The molecule has 1 N–H and O–H groups in total. The number of nitrogens with zero attached hydrogens (tertiary/aromatic N) is 1. The van der Waals surface area contributed by atoms with Crippen molar-refractivity contribution in [3.8, 4) is 0 Å². The number of hydrogen-bond donors (Lipinski definition) is 1. The molecule has 0 spiro atoms. The van der Waals surface area contributed by atoms with Gasteiger partial charge in [-0.15, -0.1) is 11.3 Å². The van der Waals surface area contributed by atoms with Crippen LogP contribution in [-0.4, -0.2) is 25.3 Å². The summed E-state index contributed by atoms with van der Waals surface area (Å²) in [6.45, 7) is 5.20. The van der Waals surface area contributed by atoms with Gasteiger partial charge in [0.15, 0.2) is 0 Å². The van der Waals surface area contributed by atoms with Gasteiger partial charge in [-0.2, -0.15) is 5.48 Å². The summed E-state index contributed by atoms with van der Waals surface area (Å²) in [5.41, 5.74) is 5.86. The van der Waals surface area contributed by atoms with Crippen molar-refractivity contribution in [2.24, 2.45) is 0 Å². The second kappa shape index (κ2) is 6.08. The summed E-state index contributed by atoms with van der Waals surface area (Å²) in [5, 5.41) is 0. The first kappa shape index (κ1) is 11.6. The first-order valence-corrected chi connectivity index (χ1v) is 5.40.